The van der Waals surface area contributed by atoms with Crippen LogP contribution in [0.15, 0.2) is 29.2 Å². The molecule has 134 valence electrons. The first-order chi connectivity index (χ1) is 11.5. The lowest BCUT2D eigenvalue weighted by Crippen LogP contribution is -3.11. The van der Waals surface area contributed by atoms with E-state index in [1.54, 1.807) is 11.8 Å². The molecule has 0 bridgehead atoms. The summed E-state index contributed by atoms with van der Waals surface area (Å²) in [6.07, 6.45) is 3.89. The molecule has 0 aliphatic heterocycles. The van der Waals surface area contributed by atoms with Crippen molar-refractivity contribution in [3.8, 4) is 0 Å². The molecule has 24 heavy (non-hydrogen) atoms. The number of carbonyl (C=O) groups is 2. The number of thioether (sulfide) groups is 1. The molecule has 0 saturated heterocycles. The fraction of sp³-hybridized carbons (Fsp3) is 0.556. The number of quaternary nitrogens is 1. The van der Waals surface area contributed by atoms with Crippen LogP contribution in [0.2, 0.25) is 0 Å². The maximum atomic E-state index is 12.3. The second-order valence-electron chi connectivity index (χ2n) is 5.94. The highest BCUT2D eigenvalue weighted by molar-refractivity contribution is 7.98. The molecule has 1 unspecified atom stereocenters. The Morgan fingerprint density at radius 3 is 2.33 bits per heavy atom. The molecule has 1 aromatic rings. The fourth-order valence-electron chi connectivity index (χ4n) is 2.55. The summed E-state index contributed by atoms with van der Waals surface area (Å²) in [7, 11) is 1.88. The molecule has 0 radical (unpaired) electrons. The molecule has 0 saturated carbocycles. The average molecular weight is 353 g/mol. The number of benzene rings is 1. The van der Waals surface area contributed by atoms with Gasteiger partial charge in [-0.25, -0.2) is 0 Å². The summed E-state index contributed by atoms with van der Waals surface area (Å²) in [5.74, 6) is 0.0489. The lowest BCUT2D eigenvalue weighted by molar-refractivity contribution is -0.862. The van der Waals surface area contributed by atoms with Gasteiger partial charge in [0, 0.05) is 18.0 Å². The monoisotopic (exact) mass is 352 g/mol. The molecule has 5 nitrogen and oxygen atoms in total. The number of likely N-dealkylation sites (N-methyl/N-ethyl adjacent to an activating group) is 1. The van der Waals surface area contributed by atoms with E-state index in [9.17, 15) is 9.59 Å². The van der Waals surface area contributed by atoms with Gasteiger partial charge in [0.15, 0.2) is 13.1 Å². The Balaban J connectivity index is 2.52. The Hall–Kier alpha value is -1.53. The van der Waals surface area contributed by atoms with Crippen LogP contribution in [-0.2, 0) is 9.59 Å². The van der Waals surface area contributed by atoms with Crippen molar-refractivity contribution in [2.45, 2.75) is 31.6 Å². The highest BCUT2D eigenvalue weighted by Gasteiger charge is 2.19. The first-order valence-electron chi connectivity index (χ1n) is 8.53. The maximum Gasteiger partial charge on any atom is 0.279 e. The number of anilines is 1. The van der Waals surface area contributed by atoms with Crippen LogP contribution in [0.3, 0.4) is 0 Å². The van der Waals surface area contributed by atoms with Crippen LogP contribution in [0, 0.1) is 0 Å². The van der Waals surface area contributed by atoms with Crippen LogP contribution in [0.5, 0.6) is 0 Å². The summed E-state index contributed by atoms with van der Waals surface area (Å²) in [6.45, 7) is 6.34. The lowest BCUT2D eigenvalue weighted by atomic mass is 10.3. The molecule has 0 fully saturated rings. The summed E-state index contributed by atoms with van der Waals surface area (Å²) in [5, 5.41) is 2.94. The number of amides is 2. The van der Waals surface area contributed by atoms with Crippen molar-refractivity contribution >= 4 is 29.3 Å². The minimum atomic E-state index is -0.0701. The SMILES string of the molecule is CCCN(CCC)C(=O)C[NH+](C)CC(=O)Nc1ccccc1SC. The van der Waals surface area contributed by atoms with Gasteiger partial charge in [0.2, 0.25) is 0 Å². The zero-order valence-electron chi connectivity index (χ0n) is 15.2. The van der Waals surface area contributed by atoms with Crippen molar-refractivity contribution in [3.63, 3.8) is 0 Å². The smallest absolute Gasteiger partial charge is 0.279 e. The van der Waals surface area contributed by atoms with Crippen LogP contribution in [-0.4, -0.2) is 56.2 Å². The average Bonchev–Trinajstić information content (AvgIpc) is 2.54. The standard InChI is InChI=1S/C18H29N3O2S/c1-5-11-21(12-6-2)18(23)14-20(3)13-17(22)19-15-9-7-8-10-16(15)24-4/h7-10H,5-6,11-14H2,1-4H3,(H,19,22)/p+1. The second kappa shape index (κ2) is 11.1. The van der Waals surface area contributed by atoms with E-state index in [4.69, 9.17) is 0 Å². The zero-order chi connectivity index (χ0) is 17.9. The molecule has 2 N–H and O–H groups in total. The van der Waals surface area contributed by atoms with E-state index in [-0.39, 0.29) is 18.4 Å². The third-order valence-electron chi connectivity index (χ3n) is 3.64. The van der Waals surface area contributed by atoms with E-state index in [2.05, 4.69) is 19.2 Å². The lowest BCUT2D eigenvalue weighted by Gasteiger charge is -2.23. The van der Waals surface area contributed by atoms with Crippen LogP contribution < -0.4 is 10.2 Å². The molecule has 6 heteroatoms. The zero-order valence-corrected chi connectivity index (χ0v) is 16.0. The second-order valence-corrected chi connectivity index (χ2v) is 6.79. The normalized spacial score (nSPS) is 11.8. The topological polar surface area (TPSA) is 53.9 Å². The number of rotatable bonds is 10. The van der Waals surface area contributed by atoms with Gasteiger partial charge in [-0.05, 0) is 31.2 Å². The highest BCUT2D eigenvalue weighted by Crippen LogP contribution is 2.24. The molecule has 0 aliphatic rings. The summed E-state index contributed by atoms with van der Waals surface area (Å²) in [5.41, 5.74) is 0.827. The molecular formula is C18H30N3O2S+. The van der Waals surface area contributed by atoms with E-state index >= 15 is 0 Å². The van der Waals surface area contributed by atoms with Gasteiger partial charge in [-0.2, -0.15) is 0 Å². The Bertz CT molecular complexity index is 531. The summed E-state index contributed by atoms with van der Waals surface area (Å²) < 4.78 is 0. The molecule has 0 spiro atoms. The van der Waals surface area contributed by atoms with Crippen LogP contribution in [0.4, 0.5) is 5.69 Å². The fourth-order valence-corrected chi connectivity index (χ4v) is 3.10. The number of hydrogen-bond donors (Lipinski definition) is 2. The van der Waals surface area contributed by atoms with E-state index in [0.717, 1.165) is 41.4 Å². The first kappa shape index (κ1) is 20.5. The summed E-state index contributed by atoms with van der Waals surface area (Å²) >= 11 is 1.60. The molecule has 1 aromatic carbocycles. The number of nitrogens with zero attached hydrogens (tertiary/aromatic N) is 1. The largest absolute Gasteiger partial charge is 0.338 e. The van der Waals surface area contributed by atoms with Crippen molar-refractivity contribution in [3.05, 3.63) is 24.3 Å². The molecule has 1 atom stereocenters. The van der Waals surface area contributed by atoms with Gasteiger partial charge in [-0.3, -0.25) is 9.59 Å². The van der Waals surface area contributed by atoms with E-state index in [1.807, 2.05) is 42.5 Å². The van der Waals surface area contributed by atoms with E-state index in [1.165, 1.54) is 0 Å². The Morgan fingerprint density at radius 2 is 1.75 bits per heavy atom. The Morgan fingerprint density at radius 1 is 1.12 bits per heavy atom. The van der Waals surface area contributed by atoms with Crippen LogP contribution >= 0.6 is 11.8 Å². The van der Waals surface area contributed by atoms with Crippen molar-refractivity contribution < 1.29 is 14.5 Å². The molecule has 2 amide bonds. The van der Waals surface area contributed by atoms with E-state index in [0.29, 0.717) is 6.54 Å². The molecule has 0 aromatic heterocycles. The van der Waals surface area contributed by atoms with Crippen molar-refractivity contribution in [1.82, 2.24) is 4.90 Å². The van der Waals surface area contributed by atoms with Crippen molar-refractivity contribution in [1.29, 1.82) is 0 Å². The quantitative estimate of drug-likeness (QED) is 0.628. The molecule has 0 aliphatic carbocycles. The van der Waals surface area contributed by atoms with Gasteiger partial charge in [0.05, 0.1) is 12.7 Å². The van der Waals surface area contributed by atoms with Gasteiger partial charge >= 0.3 is 0 Å². The van der Waals surface area contributed by atoms with Crippen LogP contribution in [0.1, 0.15) is 26.7 Å². The summed E-state index contributed by atoms with van der Waals surface area (Å²) in [4.78, 5) is 28.4. The number of para-hydroxylation sites is 1. The Labute approximate surface area is 149 Å². The summed E-state index contributed by atoms with van der Waals surface area (Å²) in [6, 6.07) is 7.73. The van der Waals surface area contributed by atoms with Crippen molar-refractivity contribution in [2.75, 3.05) is 44.8 Å². The van der Waals surface area contributed by atoms with Gasteiger partial charge < -0.3 is 15.1 Å². The van der Waals surface area contributed by atoms with Gasteiger partial charge in [0.25, 0.3) is 11.8 Å². The van der Waals surface area contributed by atoms with Gasteiger partial charge in [0.1, 0.15) is 0 Å². The molecular weight excluding hydrogens is 322 g/mol. The Kier molecular flexibility index (Phi) is 9.49. The minimum Gasteiger partial charge on any atom is -0.338 e. The first-order valence-corrected chi connectivity index (χ1v) is 9.76. The number of nitrogens with one attached hydrogen (secondary N) is 2. The highest BCUT2D eigenvalue weighted by atomic mass is 32.2. The van der Waals surface area contributed by atoms with Gasteiger partial charge in [-0.15, -0.1) is 11.8 Å². The predicted molar refractivity (Wildman–Crippen MR) is 101 cm³/mol. The van der Waals surface area contributed by atoms with E-state index < -0.39 is 0 Å². The molecule has 0 heterocycles. The number of carbonyl (C=O) groups excluding carboxylic acids is 2. The third kappa shape index (κ3) is 6.93. The predicted octanol–water partition coefficient (Wildman–Crippen LogP) is 1.51. The minimum absolute atomic E-state index is 0.0701. The van der Waals surface area contributed by atoms with Crippen LogP contribution in [0.25, 0.3) is 0 Å². The van der Waals surface area contributed by atoms with Crippen molar-refractivity contribution in [2.24, 2.45) is 0 Å². The third-order valence-corrected chi connectivity index (χ3v) is 4.43. The van der Waals surface area contributed by atoms with Gasteiger partial charge in [-0.1, -0.05) is 26.0 Å². The number of hydrogen-bond acceptors (Lipinski definition) is 3. The maximum absolute atomic E-state index is 12.3. The molecule has 1 rings (SSSR count).